The van der Waals surface area contributed by atoms with Crippen LogP contribution >= 0.6 is 11.3 Å². The molecular weight excluding hydrogens is 346 g/mol. The Morgan fingerprint density at radius 1 is 1.12 bits per heavy atom. The van der Waals surface area contributed by atoms with Crippen LogP contribution in [0.5, 0.6) is 0 Å². The first kappa shape index (κ1) is 17.5. The smallest absolute Gasteiger partial charge is 0.225 e. The zero-order valence-electron chi connectivity index (χ0n) is 15.3. The van der Waals surface area contributed by atoms with Crippen LogP contribution in [0, 0.1) is 11.8 Å². The van der Waals surface area contributed by atoms with Crippen LogP contribution in [0.15, 0.2) is 24.5 Å². The van der Waals surface area contributed by atoms with Crippen LogP contribution < -0.4 is 10.2 Å². The zero-order chi connectivity index (χ0) is 17.9. The number of rotatable bonds is 4. The van der Waals surface area contributed by atoms with Gasteiger partial charge in [-0.3, -0.25) is 9.36 Å². The van der Waals surface area contributed by atoms with E-state index in [0.29, 0.717) is 6.04 Å². The number of carbonyl (C=O) groups excluding carboxylic acids is 1. The number of carbonyl (C=O) groups is 1. The molecule has 0 bridgehead atoms. The molecule has 1 amide bonds. The van der Waals surface area contributed by atoms with E-state index in [1.54, 1.807) is 11.3 Å². The van der Waals surface area contributed by atoms with Gasteiger partial charge in [0.2, 0.25) is 16.2 Å². The zero-order valence-corrected chi connectivity index (χ0v) is 16.1. The number of piperidine rings is 1. The Labute approximate surface area is 158 Å². The van der Waals surface area contributed by atoms with E-state index in [0.717, 1.165) is 55.0 Å². The Morgan fingerprint density at radius 3 is 2.62 bits per heavy atom. The Bertz CT molecular complexity index is 720. The van der Waals surface area contributed by atoms with Gasteiger partial charge in [-0.2, -0.15) is 0 Å². The lowest BCUT2D eigenvalue weighted by atomic mass is 9.87. The molecule has 2 fully saturated rings. The van der Waals surface area contributed by atoms with E-state index in [-0.39, 0.29) is 11.8 Å². The van der Waals surface area contributed by atoms with Gasteiger partial charge in [0.25, 0.3) is 0 Å². The van der Waals surface area contributed by atoms with Gasteiger partial charge >= 0.3 is 0 Å². The third kappa shape index (κ3) is 3.92. The topological polar surface area (TPSA) is 63.1 Å². The number of hydrogen-bond donors (Lipinski definition) is 1. The van der Waals surface area contributed by atoms with Crippen molar-refractivity contribution in [3.63, 3.8) is 0 Å². The molecule has 1 atom stereocenters. The predicted molar refractivity (Wildman–Crippen MR) is 104 cm³/mol. The van der Waals surface area contributed by atoms with E-state index in [2.05, 4.69) is 27.3 Å². The van der Waals surface area contributed by atoms with E-state index < -0.39 is 0 Å². The molecule has 0 unspecified atom stereocenters. The lowest BCUT2D eigenvalue weighted by Gasteiger charge is -2.33. The van der Waals surface area contributed by atoms with Crippen LogP contribution in [-0.4, -0.2) is 39.8 Å². The molecule has 1 N–H and O–H groups in total. The van der Waals surface area contributed by atoms with Crippen molar-refractivity contribution in [1.82, 2.24) is 20.1 Å². The molecule has 7 heteroatoms. The van der Waals surface area contributed by atoms with Gasteiger partial charge in [-0.25, -0.2) is 0 Å². The summed E-state index contributed by atoms with van der Waals surface area (Å²) in [7, 11) is 0. The maximum atomic E-state index is 12.7. The summed E-state index contributed by atoms with van der Waals surface area (Å²) < 4.78 is 1.97. The molecule has 2 aromatic rings. The third-order valence-corrected chi connectivity index (χ3v) is 6.65. The lowest BCUT2D eigenvalue weighted by Crippen LogP contribution is -2.46. The largest absolute Gasteiger partial charge is 0.353 e. The number of hydrogen-bond acceptors (Lipinski definition) is 5. The number of aromatic nitrogens is 3. The van der Waals surface area contributed by atoms with Crippen LogP contribution in [0.3, 0.4) is 0 Å². The van der Waals surface area contributed by atoms with Crippen molar-refractivity contribution in [2.45, 2.75) is 51.5 Å². The molecule has 1 saturated carbocycles. The molecule has 2 aliphatic rings. The van der Waals surface area contributed by atoms with Crippen molar-refractivity contribution in [3.05, 3.63) is 24.5 Å². The van der Waals surface area contributed by atoms with Crippen molar-refractivity contribution < 1.29 is 4.79 Å². The van der Waals surface area contributed by atoms with Gasteiger partial charge in [-0.15, -0.1) is 10.2 Å². The fourth-order valence-corrected chi connectivity index (χ4v) is 4.84. The summed E-state index contributed by atoms with van der Waals surface area (Å²) in [6.45, 7) is 4.00. The van der Waals surface area contributed by atoms with Crippen LogP contribution in [0.2, 0.25) is 0 Å². The average molecular weight is 374 g/mol. The maximum Gasteiger partial charge on any atom is 0.225 e. The maximum absolute atomic E-state index is 12.7. The second-order valence-corrected chi connectivity index (χ2v) is 8.64. The van der Waals surface area contributed by atoms with Crippen molar-refractivity contribution in [2.75, 3.05) is 18.0 Å². The van der Waals surface area contributed by atoms with Crippen LogP contribution in [0.25, 0.3) is 5.13 Å². The molecule has 1 aliphatic heterocycles. The van der Waals surface area contributed by atoms with E-state index in [1.807, 2.05) is 29.1 Å². The lowest BCUT2D eigenvalue weighted by molar-refractivity contribution is -0.126. The minimum Gasteiger partial charge on any atom is -0.353 e. The fourth-order valence-electron chi connectivity index (χ4n) is 3.99. The number of nitrogens with zero attached hydrogens (tertiary/aromatic N) is 4. The highest BCUT2D eigenvalue weighted by Crippen LogP contribution is 2.29. The highest BCUT2D eigenvalue weighted by Gasteiger charge is 2.29. The second-order valence-electron chi connectivity index (χ2n) is 7.71. The molecular formula is C19H27N5OS. The van der Waals surface area contributed by atoms with E-state index in [1.165, 1.54) is 12.8 Å². The van der Waals surface area contributed by atoms with Crippen molar-refractivity contribution in [2.24, 2.45) is 11.8 Å². The van der Waals surface area contributed by atoms with Crippen molar-refractivity contribution >= 4 is 22.4 Å². The SMILES string of the molecule is CC1CCC(NC(=O)[C@H]2CCCN(c3nnc(-n4cccc4)s3)C2)CC1. The van der Waals surface area contributed by atoms with Gasteiger partial charge in [-0.1, -0.05) is 18.3 Å². The first-order valence-electron chi connectivity index (χ1n) is 9.71. The number of nitrogens with one attached hydrogen (secondary N) is 1. The van der Waals surface area contributed by atoms with Crippen LogP contribution in [0.4, 0.5) is 5.13 Å². The van der Waals surface area contributed by atoms with Gasteiger partial charge in [0.1, 0.15) is 0 Å². The molecule has 6 nitrogen and oxygen atoms in total. The summed E-state index contributed by atoms with van der Waals surface area (Å²) >= 11 is 1.58. The monoisotopic (exact) mass is 373 g/mol. The third-order valence-electron chi connectivity index (χ3n) is 5.65. The summed E-state index contributed by atoms with van der Waals surface area (Å²) in [6, 6.07) is 4.33. The average Bonchev–Trinajstić information content (AvgIpc) is 3.35. The Morgan fingerprint density at radius 2 is 1.85 bits per heavy atom. The Balaban J connectivity index is 1.36. The normalized spacial score (nSPS) is 26.7. The molecule has 140 valence electrons. The summed E-state index contributed by atoms with van der Waals surface area (Å²) in [6.07, 6.45) is 10.7. The second kappa shape index (κ2) is 7.78. The van der Waals surface area contributed by atoms with Crippen molar-refractivity contribution in [1.29, 1.82) is 0 Å². The molecule has 0 spiro atoms. The first-order chi connectivity index (χ1) is 12.7. The number of amides is 1. The van der Waals surface area contributed by atoms with Gasteiger partial charge in [0.15, 0.2) is 0 Å². The van der Waals surface area contributed by atoms with Gasteiger partial charge in [0, 0.05) is 31.5 Å². The van der Waals surface area contributed by atoms with Crippen molar-refractivity contribution in [3.8, 4) is 5.13 Å². The summed E-state index contributed by atoms with van der Waals surface area (Å²) in [5, 5.41) is 13.7. The predicted octanol–water partition coefficient (Wildman–Crippen LogP) is 3.24. The fraction of sp³-hybridized carbons (Fsp3) is 0.632. The summed E-state index contributed by atoms with van der Waals surface area (Å²) in [5.41, 5.74) is 0. The minimum absolute atomic E-state index is 0.0574. The molecule has 0 radical (unpaired) electrons. The van der Waals surface area contributed by atoms with Gasteiger partial charge in [0.05, 0.1) is 5.92 Å². The molecule has 2 aromatic heterocycles. The summed E-state index contributed by atoms with van der Waals surface area (Å²) in [5.74, 6) is 1.09. The number of anilines is 1. The standard InChI is InChI=1S/C19H27N5OS/c1-14-6-8-16(9-7-14)20-17(25)15-5-4-12-24(13-15)19-22-21-18(26-19)23-10-2-3-11-23/h2-3,10-11,14-16H,4-9,12-13H2,1H3,(H,20,25)/t14?,15-,16?/m0/s1. The molecule has 26 heavy (non-hydrogen) atoms. The Kier molecular flexibility index (Phi) is 5.24. The Hall–Kier alpha value is -1.89. The van der Waals surface area contributed by atoms with Gasteiger partial charge < -0.3 is 10.2 Å². The highest BCUT2D eigenvalue weighted by atomic mass is 32.1. The molecule has 1 aliphatic carbocycles. The molecule has 4 rings (SSSR count). The first-order valence-corrected chi connectivity index (χ1v) is 10.5. The van der Waals surface area contributed by atoms with Crippen LogP contribution in [-0.2, 0) is 4.79 Å². The molecule has 0 aromatic carbocycles. The highest BCUT2D eigenvalue weighted by molar-refractivity contribution is 7.17. The van der Waals surface area contributed by atoms with E-state index in [9.17, 15) is 4.79 Å². The quantitative estimate of drug-likeness (QED) is 0.894. The van der Waals surface area contributed by atoms with Crippen LogP contribution in [0.1, 0.15) is 45.4 Å². The van der Waals surface area contributed by atoms with E-state index >= 15 is 0 Å². The summed E-state index contributed by atoms with van der Waals surface area (Å²) in [4.78, 5) is 15.0. The minimum atomic E-state index is 0.0574. The molecule has 3 heterocycles. The van der Waals surface area contributed by atoms with Gasteiger partial charge in [-0.05, 0) is 56.6 Å². The molecule has 1 saturated heterocycles. The van der Waals surface area contributed by atoms with E-state index in [4.69, 9.17) is 0 Å².